The lowest BCUT2D eigenvalue weighted by atomic mass is 9.70. The first kappa shape index (κ1) is 29.8. The van der Waals surface area contributed by atoms with E-state index in [0.717, 1.165) is 0 Å². The number of thiazole rings is 1. The topological polar surface area (TPSA) is 138 Å². The number of aromatic nitrogens is 1. The zero-order valence-electron chi connectivity index (χ0n) is 22.5. The van der Waals surface area contributed by atoms with Crippen LogP contribution in [0, 0.1) is 17.2 Å². The Kier molecular flexibility index (Phi) is 8.39. The number of rotatable bonds is 8. The van der Waals surface area contributed by atoms with Crippen LogP contribution in [-0.4, -0.2) is 65.5 Å². The molecule has 3 aliphatic rings. The molecule has 1 saturated carbocycles. The van der Waals surface area contributed by atoms with Gasteiger partial charge in [-0.1, -0.05) is 12.1 Å². The summed E-state index contributed by atoms with van der Waals surface area (Å²) in [6.45, 7) is 3.83. The zero-order chi connectivity index (χ0) is 29.5. The maximum absolute atomic E-state index is 14.6. The molecule has 0 unspecified atom stereocenters. The van der Waals surface area contributed by atoms with Gasteiger partial charge in [0.05, 0.1) is 27.3 Å². The number of hydrogen-bond donors (Lipinski definition) is 2. The predicted octanol–water partition coefficient (Wildman–Crippen LogP) is 4.25. The number of hydrogen-bond acceptors (Lipinski definition) is 9. The Bertz CT molecular complexity index is 1510. The van der Waals surface area contributed by atoms with Crippen LogP contribution >= 0.6 is 27.3 Å². The van der Waals surface area contributed by atoms with E-state index < -0.39 is 44.5 Å². The predicted molar refractivity (Wildman–Crippen MR) is 154 cm³/mol. The largest absolute Gasteiger partial charge is 0.481 e. The molecule has 2 aliphatic heterocycles. The van der Waals surface area contributed by atoms with Crippen molar-refractivity contribution in [2.45, 2.75) is 50.8 Å². The number of carbonyl (C=O) groups excluding carboxylic acids is 1. The molecule has 2 aromatic rings. The van der Waals surface area contributed by atoms with Crippen molar-refractivity contribution in [3.8, 4) is 0 Å². The van der Waals surface area contributed by atoms with E-state index in [0.29, 0.717) is 34.9 Å². The summed E-state index contributed by atoms with van der Waals surface area (Å²) in [5.74, 6) is -1.88. The van der Waals surface area contributed by atoms with E-state index in [2.05, 4.69) is 26.2 Å². The number of carboxylic acids is 1. The van der Waals surface area contributed by atoms with Crippen molar-refractivity contribution >= 4 is 55.1 Å². The third-order valence-corrected chi connectivity index (χ3v) is 11.9. The van der Waals surface area contributed by atoms with Crippen molar-refractivity contribution in [2.75, 3.05) is 19.7 Å². The summed E-state index contributed by atoms with van der Waals surface area (Å²) in [5.41, 5.74) is 0.236. The second-order valence-corrected chi connectivity index (χ2v) is 14.5. The molecule has 220 valence electrons. The lowest BCUT2D eigenvalue weighted by Gasteiger charge is -2.44. The van der Waals surface area contributed by atoms with Crippen LogP contribution in [0.3, 0.4) is 0 Å². The van der Waals surface area contributed by atoms with Crippen LogP contribution in [0.5, 0.6) is 0 Å². The van der Waals surface area contributed by atoms with Gasteiger partial charge in [-0.2, -0.15) is 0 Å². The third kappa shape index (κ3) is 5.58. The van der Waals surface area contributed by atoms with Crippen molar-refractivity contribution < 1.29 is 32.2 Å². The van der Waals surface area contributed by atoms with Gasteiger partial charge in [0.15, 0.2) is 10.8 Å². The molecular formula is C27H30BrFN4O6S2. The number of nitrogens with zero attached hydrogens (tertiary/aromatic N) is 3. The van der Waals surface area contributed by atoms with Gasteiger partial charge >= 0.3 is 11.9 Å². The Labute approximate surface area is 249 Å². The number of benzene rings is 1. The third-order valence-electron chi connectivity index (χ3n) is 8.00. The molecule has 2 N–H and O–H groups in total. The molecule has 0 bridgehead atoms. The minimum Gasteiger partial charge on any atom is -0.481 e. The fourth-order valence-electron chi connectivity index (χ4n) is 5.67. The van der Waals surface area contributed by atoms with E-state index in [1.165, 1.54) is 21.7 Å². The number of esters is 1. The first-order chi connectivity index (χ1) is 19.5. The summed E-state index contributed by atoms with van der Waals surface area (Å²) < 4.78 is 48.3. The standard InChI is InChI=1S/C27H30BrFN4O6S2/c1-3-39-25(34)19-21(15-7-10-33(11-8-15)41(37,38)16-13-27(2,14-16)26(35)36)31-23(24-30-9-12-40-24)32-22(19)17-5-4-6-18(29)20(17)28/h4-6,9,12,15-16,22H,3,7-8,10-11,13-14H2,1-2H3,(H,31,32)(H,35,36)/t16-,22-,27-/m1/s1. The number of aliphatic imine (C=N–C) groups is 1. The second-order valence-electron chi connectivity index (χ2n) is 10.6. The lowest BCUT2D eigenvalue weighted by Crippen LogP contribution is -2.54. The highest BCUT2D eigenvalue weighted by Crippen LogP contribution is 2.46. The van der Waals surface area contributed by atoms with Gasteiger partial charge in [-0.3, -0.25) is 9.79 Å². The number of allylic oxidation sites excluding steroid dienone is 1. The number of sulfonamides is 1. The Hall–Kier alpha value is -2.68. The van der Waals surface area contributed by atoms with E-state index in [4.69, 9.17) is 9.73 Å². The highest BCUT2D eigenvalue weighted by atomic mass is 79.9. The Morgan fingerprint density at radius 3 is 2.61 bits per heavy atom. The molecule has 1 aromatic carbocycles. The molecule has 0 amide bonds. The number of carbonyl (C=O) groups is 2. The first-order valence-electron chi connectivity index (χ1n) is 13.3. The molecule has 41 heavy (non-hydrogen) atoms. The summed E-state index contributed by atoms with van der Waals surface area (Å²) in [7, 11) is -3.67. The highest BCUT2D eigenvalue weighted by molar-refractivity contribution is 9.10. The number of amidine groups is 1. The monoisotopic (exact) mass is 668 g/mol. The van der Waals surface area contributed by atoms with Crippen molar-refractivity contribution in [1.29, 1.82) is 0 Å². The Morgan fingerprint density at radius 2 is 2.00 bits per heavy atom. The van der Waals surface area contributed by atoms with Crippen LogP contribution in [-0.2, 0) is 24.3 Å². The molecule has 5 rings (SSSR count). The summed E-state index contributed by atoms with van der Waals surface area (Å²) in [5, 5.41) is 14.4. The van der Waals surface area contributed by atoms with E-state index in [-0.39, 0.29) is 48.5 Å². The maximum atomic E-state index is 14.6. The van der Waals surface area contributed by atoms with Crippen LogP contribution < -0.4 is 5.32 Å². The molecule has 1 aliphatic carbocycles. The fourth-order valence-corrected chi connectivity index (χ4v) is 9.03. The van der Waals surface area contributed by atoms with Crippen molar-refractivity contribution in [2.24, 2.45) is 16.3 Å². The summed E-state index contributed by atoms with van der Waals surface area (Å²) >= 11 is 4.69. The summed E-state index contributed by atoms with van der Waals surface area (Å²) in [6, 6.07) is 3.67. The quantitative estimate of drug-likeness (QED) is 0.398. The van der Waals surface area contributed by atoms with E-state index in [1.54, 1.807) is 37.6 Å². The molecule has 14 heteroatoms. The highest BCUT2D eigenvalue weighted by Gasteiger charge is 2.53. The molecule has 0 radical (unpaired) electrons. The molecular weight excluding hydrogens is 639 g/mol. The van der Waals surface area contributed by atoms with E-state index in [1.807, 2.05) is 0 Å². The van der Waals surface area contributed by atoms with Gasteiger partial charge in [-0.25, -0.2) is 26.9 Å². The van der Waals surface area contributed by atoms with Gasteiger partial charge in [0.1, 0.15) is 11.9 Å². The summed E-state index contributed by atoms with van der Waals surface area (Å²) in [6.07, 6.45) is 2.64. The Morgan fingerprint density at radius 1 is 1.29 bits per heavy atom. The van der Waals surface area contributed by atoms with Crippen molar-refractivity contribution in [1.82, 2.24) is 14.6 Å². The number of halogens is 2. The van der Waals surface area contributed by atoms with E-state index >= 15 is 0 Å². The van der Waals surface area contributed by atoms with Gasteiger partial charge in [0, 0.05) is 36.3 Å². The molecule has 3 heterocycles. The number of nitrogens with one attached hydrogen (secondary N) is 1. The average molecular weight is 670 g/mol. The molecule has 10 nitrogen and oxygen atoms in total. The Balaban J connectivity index is 1.47. The molecule has 0 spiro atoms. The average Bonchev–Trinajstić information content (AvgIpc) is 3.47. The molecule has 1 atom stereocenters. The van der Waals surface area contributed by atoms with Gasteiger partial charge in [-0.05, 0) is 67.1 Å². The SMILES string of the molecule is CCOC(=O)C1=C(C2CCN(S(=O)(=O)[C@H]3C[C@](C)(C(=O)O)C3)CC2)NC(c2nccs2)=N[C@@H]1c1cccc(F)c1Br. The van der Waals surface area contributed by atoms with Gasteiger partial charge < -0.3 is 15.2 Å². The number of carboxylic acid groups (broad SMARTS) is 1. The van der Waals surface area contributed by atoms with Gasteiger partial charge in [0.25, 0.3) is 0 Å². The van der Waals surface area contributed by atoms with Crippen LogP contribution in [0.1, 0.15) is 56.1 Å². The molecule has 1 saturated heterocycles. The first-order valence-corrected chi connectivity index (χ1v) is 16.5. The maximum Gasteiger partial charge on any atom is 0.338 e. The minimum atomic E-state index is -3.67. The minimum absolute atomic E-state index is 0.0855. The van der Waals surface area contributed by atoms with Gasteiger partial charge in [-0.15, -0.1) is 11.3 Å². The van der Waals surface area contributed by atoms with Crippen LogP contribution in [0.4, 0.5) is 4.39 Å². The van der Waals surface area contributed by atoms with Gasteiger partial charge in [0.2, 0.25) is 10.0 Å². The van der Waals surface area contributed by atoms with Crippen LogP contribution in [0.25, 0.3) is 0 Å². The van der Waals surface area contributed by atoms with Crippen LogP contribution in [0.15, 0.2) is 50.5 Å². The molecule has 2 fully saturated rings. The lowest BCUT2D eigenvalue weighted by molar-refractivity contribution is -0.152. The number of ether oxygens (including phenoxy) is 1. The number of aliphatic carboxylic acids is 1. The van der Waals surface area contributed by atoms with E-state index in [9.17, 15) is 27.5 Å². The smallest absolute Gasteiger partial charge is 0.338 e. The number of piperidine rings is 1. The van der Waals surface area contributed by atoms with Crippen molar-refractivity contribution in [3.05, 3.63) is 61.9 Å². The van der Waals surface area contributed by atoms with Crippen molar-refractivity contribution in [3.63, 3.8) is 0 Å². The van der Waals surface area contributed by atoms with Crippen LogP contribution in [0.2, 0.25) is 0 Å². The second kappa shape index (κ2) is 11.5. The normalized spacial score (nSPS) is 25.7. The molecule has 1 aromatic heterocycles. The zero-order valence-corrected chi connectivity index (χ0v) is 25.7. The summed E-state index contributed by atoms with van der Waals surface area (Å²) in [4.78, 5) is 34.1. The fraction of sp³-hybridized carbons (Fsp3) is 0.481.